The average Bonchev–Trinajstić information content (AvgIpc) is 3.70. The van der Waals surface area contributed by atoms with Crippen molar-refractivity contribution >= 4 is 51.1 Å². The van der Waals surface area contributed by atoms with Crippen LogP contribution in [0, 0.1) is 33.8 Å². The summed E-state index contributed by atoms with van der Waals surface area (Å²) in [7, 11) is 0. The standard InChI is InChI=1S/C31H24BrN3O8/c32-22-9-3-19(4-10-22)31(40)43-24-13-7-17(8-14-24)25(36)16-33(28(37)18-5-11-23(12-6-18)35(41)42)34-29(38)26-20-1-2-21(15-20)27(26)30(34)39/h3-14,20-21,26-27H,1-2,15-16H2/t20-,21-,26-,27+/m0/s1. The Bertz CT molecular complexity index is 1630. The Hall–Kier alpha value is -4.71. The third kappa shape index (κ3) is 5.22. The summed E-state index contributed by atoms with van der Waals surface area (Å²) < 4.78 is 6.19. The molecule has 4 atom stereocenters. The first-order valence-electron chi connectivity index (χ1n) is 13.7. The SMILES string of the molecule is O=C(CN(C(=O)c1ccc([N+](=O)[O-])cc1)N1C(=O)[C@@H]2[C@H]3CC[C@@H](C3)[C@@H]2C1=O)c1ccc(OC(=O)c2ccc(Br)cc2)cc1. The molecule has 0 spiro atoms. The molecule has 3 aromatic rings. The van der Waals surface area contributed by atoms with E-state index in [2.05, 4.69) is 15.9 Å². The molecule has 1 heterocycles. The van der Waals surface area contributed by atoms with Gasteiger partial charge in [-0.3, -0.25) is 29.3 Å². The lowest BCUT2D eigenvalue weighted by Gasteiger charge is -2.30. The molecule has 0 unspecified atom stereocenters. The number of hydrogen-bond donors (Lipinski definition) is 0. The van der Waals surface area contributed by atoms with Gasteiger partial charge in [-0.15, -0.1) is 0 Å². The summed E-state index contributed by atoms with van der Waals surface area (Å²) >= 11 is 3.30. The fourth-order valence-corrected chi connectivity index (χ4v) is 6.69. The molecule has 2 aliphatic carbocycles. The number of ketones is 1. The molecule has 12 heteroatoms. The number of Topliss-reactive ketones (excluding diaryl/α,β-unsaturated/α-hetero) is 1. The van der Waals surface area contributed by atoms with Crippen molar-refractivity contribution in [2.24, 2.45) is 23.7 Å². The molecule has 3 aromatic carbocycles. The zero-order valence-electron chi connectivity index (χ0n) is 22.6. The van der Waals surface area contributed by atoms with E-state index in [0.717, 1.165) is 45.9 Å². The van der Waals surface area contributed by atoms with Gasteiger partial charge in [0.15, 0.2) is 5.78 Å². The minimum atomic E-state index is -0.808. The van der Waals surface area contributed by atoms with Crippen LogP contribution in [0.15, 0.2) is 77.3 Å². The van der Waals surface area contributed by atoms with Gasteiger partial charge < -0.3 is 4.74 Å². The number of halogens is 1. The Labute approximate surface area is 253 Å². The number of esters is 1. The van der Waals surface area contributed by atoms with E-state index in [0.29, 0.717) is 5.56 Å². The van der Waals surface area contributed by atoms with Crippen molar-refractivity contribution in [2.45, 2.75) is 19.3 Å². The topological polar surface area (TPSA) is 144 Å². The number of carbonyl (C=O) groups excluding carboxylic acids is 5. The van der Waals surface area contributed by atoms with E-state index in [9.17, 15) is 34.1 Å². The maximum absolute atomic E-state index is 13.7. The van der Waals surface area contributed by atoms with Crippen molar-refractivity contribution in [3.05, 3.63) is 104 Å². The molecule has 0 N–H and O–H groups in total. The number of hydrogen-bond acceptors (Lipinski definition) is 8. The van der Waals surface area contributed by atoms with Crippen LogP contribution in [0.2, 0.25) is 0 Å². The molecule has 11 nitrogen and oxygen atoms in total. The van der Waals surface area contributed by atoms with Crippen molar-refractivity contribution in [3.8, 4) is 5.75 Å². The lowest BCUT2D eigenvalue weighted by molar-refractivity contribution is -0.384. The molecular weight excluding hydrogens is 622 g/mol. The van der Waals surface area contributed by atoms with Crippen LogP contribution in [0.25, 0.3) is 0 Å². The maximum atomic E-state index is 13.7. The smallest absolute Gasteiger partial charge is 0.343 e. The van der Waals surface area contributed by atoms with Crippen molar-refractivity contribution < 1.29 is 33.6 Å². The summed E-state index contributed by atoms with van der Waals surface area (Å²) in [6, 6.07) is 17.0. The summed E-state index contributed by atoms with van der Waals surface area (Å²) in [5.74, 6) is -3.68. The third-order valence-electron chi connectivity index (χ3n) is 8.47. The molecule has 2 bridgehead atoms. The van der Waals surface area contributed by atoms with Gasteiger partial charge in [0.2, 0.25) is 0 Å². The lowest BCUT2D eigenvalue weighted by atomic mass is 9.81. The van der Waals surface area contributed by atoms with Crippen molar-refractivity contribution in [1.29, 1.82) is 0 Å². The zero-order valence-corrected chi connectivity index (χ0v) is 24.1. The molecule has 3 fully saturated rings. The van der Waals surface area contributed by atoms with E-state index >= 15 is 0 Å². The number of hydrazine groups is 1. The van der Waals surface area contributed by atoms with Crippen molar-refractivity contribution in [3.63, 3.8) is 0 Å². The molecule has 2 saturated carbocycles. The first-order valence-corrected chi connectivity index (χ1v) is 14.5. The Morgan fingerprint density at radius 2 is 1.37 bits per heavy atom. The number of non-ortho nitro benzene ring substituents is 1. The number of ether oxygens (including phenoxy) is 1. The highest BCUT2D eigenvalue weighted by Crippen LogP contribution is 2.56. The van der Waals surface area contributed by atoms with E-state index in [1.807, 2.05) is 0 Å². The predicted molar refractivity (Wildman–Crippen MR) is 154 cm³/mol. The zero-order chi connectivity index (χ0) is 30.4. The molecule has 1 saturated heterocycles. The van der Waals surface area contributed by atoms with E-state index in [1.54, 1.807) is 24.3 Å². The van der Waals surface area contributed by atoms with Gasteiger partial charge in [-0.05, 0) is 91.8 Å². The first kappa shape index (κ1) is 28.4. The summed E-state index contributed by atoms with van der Waals surface area (Å²) in [6.45, 7) is -0.625. The normalized spacial score (nSPS) is 21.9. The van der Waals surface area contributed by atoms with Crippen LogP contribution in [-0.2, 0) is 9.59 Å². The monoisotopic (exact) mass is 645 g/mol. The minimum absolute atomic E-state index is 0.0192. The predicted octanol–water partition coefficient (Wildman–Crippen LogP) is 4.85. The summed E-state index contributed by atoms with van der Waals surface area (Å²) in [5, 5.41) is 12.8. The van der Waals surface area contributed by atoms with Gasteiger partial charge in [0.1, 0.15) is 12.3 Å². The summed E-state index contributed by atoms with van der Waals surface area (Å²) in [6.07, 6.45) is 2.48. The van der Waals surface area contributed by atoms with E-state index in [-0.39, 0.29) is 34.4 Å². The summed E-state index contributed by atoms with van der Waals surface area (Å²) in [5.41, 5.74) is 0.236. The number of rotatable bonds is 8. The molecule has 3 aliphatic rings. The van der Waals surface area contributed by atoms with Crippen LogP contribution in [0.5, 0.6) is 5.75 Å². The first-order chi connectivity index (χ1) is 20.6. The Kier molecular flexibility index (Phi) is 7.38. The van der Waals surface area contributed by atoms with Gasteiger partial charge in [-0.1, -0.05) is 15.9 Å². The molecule has 218 valence electrons. The molecule has 0 aromatic heterocycles. The van der Waals surface area contributed by atoms with Gasteiger partial charge in [0.25, 0.3) is 23.4 Å². The van der Waals surface area contributed by atoms with Crippen LogP contribution in [0.3, 0.4) is 0 Å². The Morgan fingerprint density at radius 1 is 0.837 bits per heavy atom. The quantitative estimate of drug-likeness (QED) is 0.0844. The number of fused-ring (bicyclic) bond motifs is 5. The Balaban J connectivity index is 1.24. The van der Waals surface area contributed by atoms with Crippen molar-refractivity contribution in [2.75, 3.05) is 6.54 Å². The highest BCUT2D eigenvalue weighted by atomic mass is 79.9. The maximum Gasteiger partial charge on any atom is 0.343 e. The lowest BCUT2D eigenvalue weighted by Crippen LogP contribution is -2.52. The summed E-state index contributed by atoms with van der Waals surface area (Å²) in [4.78, 5) is 77.2. The molecule has 0 radical (unpaired) electrons. The largest absolute Gasteiger partial charge is 0.423 e. The van der Waals surface area contributed by atoms with Crippen LogP contribution < -0.4 is 4.74 Å². The van der Waals surface area contributed by atoms with Crippen LogP contribution >= 0.6 is 15.9 Å². The second-order valence-electron chi connectivity index (χ2n) is 10.9. The minimum Gasteiger partial charge on any atom is -0.423 e. The highest BCUT2D eigenvalue weighted by Gasteiger charge is 2.62. The fraction of sp³-hybridized carbons (Fsp3) is 0.258. The number of nitrogens with zero attached hydrogens (tertiary/aromatic N) is 3. The van der Waals surface area contributed by atoms with Gasteiger partial charge in [-0.2, -0.15) is 5.01 Å². The number of benzene rings is 3. The van der Waals surface area contributed by atoms with E-state index in [1.165, 1.54) is 36.4 Å². The van der Waals surface area contributed by atoms with Gasteiger partial charge in [0, 0.05) is 27.7 Å². The second-order valence-corrected chi connectivity index (χ2v) is 11.8. The molecule has 1 aliphatic heterocycles. The second kappa shape index (κ2) is 11.2. The fourth-order valence-electron chi connectivity index (χ4n) is 6.43. The number of nitro groups is 1. The third-order valence-corrected chi connectivity index (χ3v) is 8.99. The Morgan fingerprint density at radius 3 is 1.93 bits per heavy atom. The van der Waals surface area contributed by atoms with E-state index < -0.39 is 52.8 Å². The number of nitro benzene ring substituents is 1. The van der Waals surface area contributed by atoms with E-state index in [4.69, 9.17) is 4.74 Å². The van der Waals surface area contributed by atoms with Gasteiger partial charge in [-0.25, -0.2) is 9.80 Å². The number of carbonyl (C=O) groups is 5. The van der Waals surface area contributed by atoms with Crippen LogP contribution in [0.1, 0.15) is 50.3 Å². The number of amides is 3. The van der Waals surface area contributed by atoms with Crippen molar-refractivity contribution in [1.82, 2.24) is 10.0 Å². The molecular formula is C31H24BrN3O8. The highest BCUT2D eigenvalue weighted by molar-refractivity contribution is 9.10. The van der Waals surface area contributed by atoms with Gasteiger partial charge in [0.05, 0.1) is 22.3 Å². The molecule has 3 amide bonds. The average molecular weight is 646 g/mol. The van der Waals surface area contributed by atoms with Crippen LogP contribution in [-0.4, -0.2) is 51.0 Å². The molecule has 6 rings (SSSR count). The molecule has 43 heavy (non-hydrogen) atoms. The van der Waals surface area contributed by atoms with Gasteiger partial charge >= 0.3 is 5.97 Å². The van der Waals surface area contributed by atoms with Crippen LogP contribution in [0.4, 0.5) is 5.69 Å². The number of imide groups is 1.